The van der Waals surface area contributed by atoms with Gasteiger partial charge in [-0.1, -0.05) is 15.9 Å². The molecular weight excluding hydrogens is 348 g/mol. The van der Waals surface area contributed by atoms with Gasteiger partial charge in [-0.2, -0.15) is 10.1 Å². The van der Waals surface area contributed by atoms with Crippen LogP contribution >= 0.6 is 15.9 Å². The Morgan fingerprint density at radius 3 is 2.91 bits per heavy atom. The van der Waals surface area contributed by atoms with Crippen molar-refractivity contribution >= 4 is 27.7 Å². The first-order chi connectivity index (χ1) is 10.5. The highest BCUT2D eigenvalue weighted by atomic mass is 79.9. The Hall–Kier alpha value is -2.15. The first-order valence-corrected chi connectivity index (χ1v) is 7.54. The number of hydrogen-bond acceptors (Lipinski definition) is 5. The first kappa shape index (κ1) is 14.8. The lowest BCUT2D eigenvalue weighted by molar-refractivity contribution is -0.114. The predicted molar refractivity (Wildman–Crippen MR) is 85.9 cm³/mol. The number of allylic oxidation sites excluding steroid dienone is 2. The molecule has 6 nitrogen and oxygen atoms in total. The van der Waals surface area contributed by atoms with E-state index in [1.807, 2.05) is 25.1 Å². The summed E-state index contributed by atoms with van der Waals surface area (Å²) in [5.74, 6) is 1.29. The highest BCUT2D eigenvalue weighted by Gasteiger charge is 2.33. The van der Waals surface area contributed by atoms with Crippen LogP contribution in [-0.2, 0) is 4.79 Å². The highest BCUT2D eigenvalue weighted by Crippen LogP contribution is 2.39. The lowest BCUT2D eigenvalue weighted by Crippen LogP contribution is -2.28. The Bertz CT molecular complexity index is 782. The van der Waals surface area contributed by atoms with Crippen LogP contribution in [-0.4, -0.2) is 27.7 Å². The third kappa shape index (κ3) is 2.31. The number of anilines is 1. The number of carbonyl (C=O) groups is 1. The summed E-state index contributed by atoms with van der Waals surface area (Å²) in [4.78, 5) is 16.4. The minimum absolute atomic E-state index is 0.0156. The standard InChI is InChI=1S/C15H15BrN4O2/c1-8-13(9(2)21)14(20-15(19-8)17-7-18-20)11-6-10(16)4-5-12(11)22-3/h4-7,14H,1-3H3,(H,17,18,19)/t14-/m1/s1. The minimum Gasteiger partial charge on any atom is -0.496 e. The zero-order valence-electron chi connectivity index (χ0n) is 12.4. The quantitative estimate of drug-likeness (QED) is 0.908. The fourth-order valence-electron chi connectivity index (χ4n) is 2.75. The van der Waals surface area contributed by atoms with Crippen LogP contribution < -0.4 is 10.1 Å². The number of ketones is 1. The van der Waals surface area contributed by atoms with E-state index in [-0.39, 0.29) is 11.8 Å². The summed E-state index contributed by atoms with van der Waals surface area (Å²) < 4.78 is 8.08. The predicted octanol–water partition coefficient (Wildman–Crippen LogP) is 2.93. The van der Waals surface area contributed by atoms with Gasteiger partial charge in [0.15, 0.2) is 5.78 Å². The molecule has 0 aliphatic carbocycles. The van der Waals surface area contributed by atoms with Crippen molar-refractivity contribution in [2.45, 2.75) is 19.9 Å². The Labute approximate surface area is 136 Å². The number of benzene rings is 1. The molecule has 2 aromatic rings. The third-order valence-corrected chi connectivity index (χ3v) is 4.15. The molecule has 114 valence electrons. The zero-order chi connectivity index (χ0) is 15.9. The molecule has 1 aliphatic heterocycles. The molecule has 0 bridgehead atoms. The number of halogens is 1. The summed E-state index contributed by atoms with van der Waals surface area (Å²) in [6, 6.07) is 5.33. The van der Waals surface area contributed by atoms with E-state index in [9.17, 15) is 4.79 Å². The largest absolute Gasteiger partial charge is 0.496 e. The second kappa shape index (κ2) is 5.57. The molecule has 1 aromatic carbocycles. The maximum absolute atomic E-state index is 12.2. The van der Waals surface area contributed by atoms with Gasteiger partial charge in [0.05, 0.1) is 7.11 Å². The number of methoxy groups -OCH3 is 1. The van der Waals surface area contributed by atoms with E-state index in [4.69, 9.17) is 4.74 Å². The number of carbonyl (C=O) groups excluding carboxylic acids is 1. The molecular formula is C15H15BrN4O2. The van der Waals surface area contributed by atoms with E-state index in [1.165, 1.54) is 6.33 Å². The molecule has 0 radical (unpaired) electrons. The minimum atomic E-state index is -0.372. The monoisotopic (exact) mass is 362 g/mol. The molecule has 1 atom stereocenters. The number of rotatable bonds is 3. The molecule has 3 rings (SSSR count). The molecule has 0 saturated carbocycles. The SMILES string of the molecule is COc1ccc(Br)cc1[C@@H]1C(C(C)=O)=C(C)Nc2ncnn21. The Morgan fingerprint density at radius 2 is 2.23 bits per heavy atom. The second-order valence-corrected chi connectivity index (χ2v) is 5.95. The number of fused-ring (bicyclic) bond motifs is 1. The van der Waals surface area contributed by atoms with Gasteiger partial charge in [0.2, 0.25) is 5.95 Å². The molecule has 1 aromatic heterocycles. The van der Waals surface area contributed by atoms with Gasteiger partial charge in [0.25, 0.3) is 0 Å². The number of nitrogens with one attached hydrogen (secondary N) is 1. The number of hydrogen-bond donors (Lipinski definition) is 1. The summed E-state index contributed by atoms with van der Waals surface area (Å²) in [5, 5.41) is 7.39. The van der Waals surface area contributed by atoms with Gasteiger partial charge in [-0.15, -0.1) is 0 Å². The van der Waals surface area contributed by atoms with Gasteiger partial charge in [-0.05, 0) is 32.0 Å². The van der Waals surface area contributed by atoms with Gasteiger partial charge in [0.1, 0.15) is 18.1 Å². The lowest BCUT2D eigenvalue weighted by Gasteiger charge is -2.29. The molecule has 0 spiro atoms. The van der Waals surface area contributed by atoms with E-state index in [2.05, 4.69) is 31.3 Å². The molecule has 0 amide bonds. The molecule has 2 heterocycles. The maximum Gasteiger partial charge on any atom is 0.226 e. The summed E-state index contributed by atoms with van der Waals surface area (Å²) in [5.41, 5.74) is 2.28. The van der Waals surface area contributed by atoms with Gasteiger partial charge < -0.3 is 10.1 Å². The summed E-state index contributed by atoms with van der Waals surface area (Å²) in [6.07, 6.45) is 1.47. The summed E-state index contributed by atoms with van der Waals surface area (Å²) >= 11 is 3.48. The van der Waals surface area contributed by atoms with E-state index in [0.29, 0.717) is 17.3 Å². The van der Waals surface area contributed by atoms with E-state index < -0.39 is 0 Å². The number of nitrogens with zero attached hydrogens (tertiary/aromatic N) is 3. The number of ether oxygens (including phenoxy) is 1. The smallest absolute Gasteiger partial charge is 0.226 e. The average Bonchev–Trinajstić information content (AvgIpc) is 2.93. The lowest BCUT2D eigenvalue weighted by atomic mass is 9.92. The van der Waals surface area contributed by atoms with Crippen molar-refractivity contribution in [1.82, 2.24) is 14.8 Å². The van der Waals surface area contributed by atoms with Crippen LogP contribution in [0.5, 0.6) is 5.75 Å². The third-order valence-electron chi connectivity index (χ3n) is 3.66. The highest BCUT2D eigenvalue weighted by molar-refractivity contribution is 9.10. The summed E-state index contributed by atoms with van der Waals surface area (Å²) in [7, 11) is 1.61. The van der Waals surface area contributed by atoms with Gasteiger partial charge in [0, 0.05) is 21.3 Å². The van der Waals surface area contributed by atoms with Crippen molar-refractivity contribution in [3.05, 3.63) is 45.8 Å². The summed E-state index contributed by atoms with van der Waals surface area (Å²) in [6.45, 7) is 3.42. The molecule has 7 heteroatoms. The van der Waals surface area contributed by atoms with Crippen molar-refractivity contribution in [1.29, 1.82) is 0 Å². The van der Waals surface area contributed by atoms with Crippen LogP contribution in [0.25, 0.3) is 0 Å². The number of aromatic nitrogens is 3. The van der Waals surface area contributed by atoms with Crippen LogP contribution in [0.2, 0.25) is 0 Å². The van der Waals surface area contributed by atoms with Crippen LogP contribution in [0.4, 0.5) is 5.95 Å². The van der Waals surface area contributed by atoms with Gasteiger partial charge in [-0.3, -0.25) is 4.79 Å². The first-order valence-electron chi connectivity index (χ1n) is 6.74. The van der Waals surface area contributed by atoms with Crippen LogP contribution in [0.1, 0.15) is 25.5 Å². The fraction of sp³-hybridized carbons (Fsp3) is 0.267. The van der Waals surface area contributed by atoms with Crippen molar-refractivity contribution in [2.24, 2.45) is 0 Å². The second-order valence-electron chi connectivity index (χ2n) is 5.04. The molecule has 1 aliphatic rings. The van der Waals surface area contributed by atoms with Crippen LogP contribution in [0, 0.1) is 0 Å². The van der Waals surface area contributed by atoms with Crippen molar-refractivity contribution in [2.75, 3.05) is 12.4 Å². The maximum atomic E-state index is 12.2. The van der Waals surface area contributed by atoms with Crippen molar-refractivity contribution in [3.8, 4) is 5.75 Å². The molecule has 0 saturated heterocycles. The van der Waals surface area contributed by atoms with E-state index in [1.54, 1.807) is 18.7 Å². The fourth-order valence-corrected chi connectivity index (χ4v) is 3.13. The van der Waals surface area contributed by atoms with Crippen LogP contribution in [0.3, 0.4) is 0 Å². The number of Topliss-reactive ketones (excluding diaryl/α,β-unsaturated/α-hetero) is 1. The molecule has 0 fully saturated rings. The topological polar surface area (TPSA) is 69.0 Å². The van der Waals surface area contributed by atoms with E-state index >= 15 is 0 Å². The van der Waals surface area contributed by atoms with Gasteiger partial charge in [-0.25, -0.2) is 4.68 Å². The van der Waals surface area contributed by atoms with Gasteiger partial charge >= 0.3 is 0 Å². The van der Waals surface area contributed by atoms with Crippen molar-refractivity contribution < 1.29 is 9.53 Å². The molecule has 0 unspecified atom stereocenters. The Balaban J connectivity index is 2.27. The zero-order valence-corrected chi connectivity index (χ0v) is 14.0. The van der Waals surface area contributed by atoms with E-state index in [0.717, 1.165) is 15.7 Å². The molecule has 22 heavy (non-hydrogen) atoms. The Kier molecular flexibility index (Phi) is 3.74. The Morgan fingerprint density at radius 1 is 1.45 bits per heavy atom. The van der Waals surface area contributed by atoms with Crippen molar-refractivity contribution in [3.63, 3.8) is 0 Å². The van der Waals surface area contributed by atoms with Crippen LogP contribution in [0.15, 0.2) is 40.3 Å². The molecule has 1 N–H and O–H groups in total. The average molecular weight is 363 g/mol. The normalized spacial score (nSPS) is 17.0.